The van der Waals surface area contributed by atoms with E-state index in [-0.39, 0.29) is 0 Å². The molecule has 0 radical (unpaired) electrons. The Morgan fingerprint density at radius 2 is 2.25 bits per heavy atom. The fraction of sp³-hybridized carbons (Fsp3) is 1.00. The quantitative estimate of drug-likeness (QED) is 0.529. The fourth-order valence-electron chi connectivity index (χ4n) is 0.552. The molecule has 1 aliphatic heterocycles. The number of aliphatic hydroxyl groups excluding tert-OH is 1. The molecule has 1 aliphatic rings. The molecule has 2 nitrogen and oxygen atoms in total. The third-order valence-corrected chi connectivity index (χ3v) is 1.82. The second-order valence-corrected chi connectivity index (χ2v) is 3.28. The molecule has 0 bridgehead atoms. The zero-order chi connectivity index (χ0) is 6.20. The molecule has 0 saturated carbocycles. The van der Waals surface area contributed by atoms with Gasteiger partial charge in [-0.1, -0.05) is 23.2 Å². The lowest BCUT2D eigenvalue weighted by Gasteiger charge is -2.13. The van der Waals surface area contributed by atoms with Gasteiger partial charge in [-0.15, -0.1) is 0 Å². The Hall–Kier alpha value is 0.500. The van der Waals surface area contributed by atoms with Crippen molar-refractivity contribution in [2.24, 2.45) is 0 Å². The van der Waals surface area contributed by atoms with E-state index < -0.39 is 10.6 Å². The van der Waals surface area contributed by atoms with Crippen LogP contribution in [0.1, 0.15) is 6.42 Å². The summed E-state index contributed by atoms with van der Waals surface area (Å²) in [6.07, 6.45) is -0.511. The van der Waals surface area contributed by atoms with Crippen molar-refractivity contribution in [1.29, 1.82) is 0 Å². The Labute approximate surface area is 57.3 Å². The maximum atomic E-state index is 8.77. The Morgan fingerprint density at radius 3 is 2.38 bits per heavy atom. The SMILES string of the molecule is O[C@@H]1OCCC1(Cl)Cl. The second-order valence-electron chi connectivity index (χ2n) is 1.73. The van der Waals surface area contributed by atoms with Crippen molar-refractivity contribution in [3.8, 4) is 0 Å². The molecule has 0 spiro atoms. The summed E-state index contributed by atoms with van der Waals surface area (Å²) >= 11 is 11.0. The molecule has 4 heteroatoms. The summed E-state index contributed by atoms with van der Waals surface area (Å²) in [6.45, 7) is 0.439. The van der Waals surface area contributed by atoms with Crippen molar-refractivity contribution in [3.63, 3.8) is 0 Å². The van der Waals surface area contributed by atoms with Crippen molar-refractivity contribution in [2.45, 2.75) is 17.0 Å². The first kappa shape index (κ1) is 6.62. The van der Waals surface area contributed by atoms with E-state index in [1.165, 1.54) is 0 Å². The number of hydrogen-bond donors (Lipinski definition) is 1. The highest BCUT2D eigenvalue weighted by Gasteiger charge is 2.39. The summed E-state index contributed by atoms with van der Waals surface area (Å²) in [5.74, 6) is 0. The van der Waals surface area contributed by atoms with Gasteiger partial charge in [0.25, 0.3) is 0 Å². The molecule has 0 amide bonds. The van der Waals surface area contributed by atoms with Crippen molar-refractivity contribution in [3.05, 3.63) is 0 Å². The highest BCUT2D eigenvalue weighted by molar-refractivity contribution is 6.48. The minimum Gasteiger partial charge on any atom is -0.366 e. The van der Waals surface area contributed by atoms with Crippen LogP contribution in [0.25, 0.3) is 0 Å². The van der Waals surface area contributed by atoms with E-state index >= 15 is 0 Å². The zero-order valence-electron chi connectivity index (χ0n) is 4.10. The average molecular weight is 157 g/mol. The fourth-order valence-corrected chi connectivity index (χ4v) is 0.832. The van der Waals surface area contributed by atoms with Gasteiger partial charge in [0.2, 0.25) is 0 Å². The van der Waals surface area contributed by atoms with Gasteiger partial charge in [-0.3, -0.25) is 0 Å². The summed E-state index contributed by atoms with van der Waals surface area (Å²) in [5, 5.41) is 8.77. The van der Waals surface area contributed by atoms with Crippen molar-refractivity contribution >= 4 is 23.2 Å². The Balaban J connectivity index is 2.54. The Morgan fingerprint density at radius 1 is 1.62 bits per heavy atom. The standard InChI is InChI=1S/C4H6Cl2O2/c5-4(6)1-2-8-3(4)7/h3,7H,1-2H2/t3-/m1/s1. The minimum absolute atomic E-state index is 0.439. The first-order valence-corrected chi connectivity index (χ1v) is 3.06. The normalized spacial score (nSPS) is 35.6. The molecule has 1 heterocycles. The lowest BCUT2D eigenvalue weighted by atomic mass is 10.3. The first-order chi connectivity index (χ1) is 3.63. The van der Waals surface area contributed by atoms with E-state index in [9.17, 15) is 0 Å². The van der Waals surface area contributed by atoms with Crippen LogP contribution < -0.4 is 0 Å². The second kappa shape index (κ2) is 2.03. The van der Waals surface area contributed by atoms with Gasteiger partial charge in [-0.2, -0.15) is 0 Å². The molecule has 1 saturated heterocycles. The van der Waals surface area contributed by atoms with Crippen LogP contribution in [0.15, 0.2) is 0 Å². The molecule has 1 N–H and O–H groups in total. The molecule has 1 rings (SSSR count). The lowest BCUT2D eigenvalue weighted by molar-refractivity contribution is -0.0628. The lowest BCUT2D eigenvalue weighted by Crippen LogP contribution is -2.24. The molecule has 48 valence electrons. The van der Waals surface area contributed by atoms with E-state index in [1.807, 2.05) is 0 Å². The Bertz CT molecular complexity index is 94.0. The van der Waals surface area contributed by atoms with Crippen molar-refractivity contribution in [1.82, 2.24) is 0 Å². The zero-order valence-corrected chi connectivity index (χ0v) is 5.61. The summed E-state index contributed by atoms with van der Waals surface area (Å²) in [5.41, 5.74) is 0. The summed E-state index contributed by atoms with van der Waals surface area (Å²) < 4.78 is 3.59. The maximum absolute atomic E-state index is 8.77. The van der Waals surface area contributed by atoms with Crippen LogP contribution in [0.2, 0.25) is 0 Å². The summed E-state index contributed by atoms with van der Waals surface area (Å²) in [7, 11) is 0. The number of ether oxygens (including phenoxy) is 1. The van der Waals surface area contributed by atoms with Gasteiger partial charge in [0, 0.05) is 6.42 Å². The van der Waals surface area contributed by atoms with Gasteiger partial charge in [-0.25, -0.2) is 0 Å². The average Bonchev–Trinajstić information content (AvgIpc) is 1.86. The molecule has 0 unspecified atom stereocenters. The molecule has 1 atom stereocenters. The molecule has 0 aromatic heterocycles. The largest absolute Gasteiger partial charge is 0.366 e. The van der Waals surface area contributed by atoms with Crippen LogP contribution >= 0.6 is 23.2 Å². The van der Waals surface area contributed by atoms with Crippen molar-refractivity contribution in [2.75, 3.05) is 6.61 Å². The highest BCUT2D eigenvalue weighted by atomic mass is 35.5. The minimum atomic E-state index is -1.07. The first-order valence-electron chi connectivity index (χ1n) is 2.30. The van der Waals surface area contributed by atoms with Crippen LogP contribution in [0.5, 0.6) is 0 Å². The monoisotopic (exact) mass is 156 g/mol. The molecular weight excluding hydrogens is 151 g/mol. The number of aliphatic hydroxyl groups is 1. The molecule has 0 aromatic carbocycles. The predicted molar refractivity (Wildman–Crippen MR) is 31.0 cm³/mol. The van der Waals surface area contributed by atoms with Crippen LogP contribution in [0.4, 0.5) is 0 Å². The van der Waals surface area contributed by atoms with E-state index in [4.69, 9.17) is 28.3 Å². The number of hydrogen-bond acceptors (Lipinski definition) is 2. The summed E-state index contributed by atoms with van der Waals surface area (Å²) in [6, 6.07) is 0. The van der Waals surface area contributed by atoms with Gasteiger partial charge < -0.3 is 9.84 Å². The summed E-state index contributed by atoms with van der Waals surface area (Å²) in [4.78, 5) is 0. The van der Waals surface area contributed by atoms with Crippen molar-refractivity contribution < 1.29 is 9.84 Å². The van der Waals surface area contributed by atoms with Crippen LogP contribution in [-0.2, 0) is 4.74 Å². The molecule has 0 aliphatic carbocycles. The molecule has 1 fully saturated rings. The highest BCUT2D eigenvalue weighted by Crippen LogP contribution is 2.34. The molecule has 8 heavy (non-hydrogen) atoms. The van der Waals surface area contributed by atoms with Crippen LogP contribution in [0.3, 0.4) is 0 Å². The number of halogens is 2. The third-order valence-electron chi connectivity index (χ3n) is 1.07. The third kappa shape index (κ3) is 1.08. The smallest absolute Gasteiger partial charge is 0.188 e. The maximum Gasteiger partial charge on any atom is 0.188 e. The predicted octanol–water partition coefficient (Wildman–Crippen LogP) is 0.899. The van der Waals surface area contributed by atoms with E-state index in [0.717, 1.165) is 0 Å². The van der Waals surface area contributed by atoms with Gasteiger partial charge in [-0.05, 0) is 0 Å². The van der Waals surface area contributed by atoms with Crippen LogP contribution in [0, 0.1) is 0 Å². The van der Waals surface area contributed by atoms with Gasteiger partial charge in [0.1, 0.15) is 0 Å². The molecular formula is C4H6Cl2O2. The van der Waals surface area contributed by atoms with E-state index in [0.29, 0.717) is 13.0 Å². The number of rotatable bonds is 0. The van der Waals surface area contributed by atoms with E-state index in [2.05, 4.69) is 4.74 Å². The van der Waals surface area contributed by atoms with Gasteiger partial charge >= 0.3 is 0 Å². The van der Waals surface area contributed by atoms with Gasteiger partial charge in [0.15, 0.2) is 10.6 Å². The topological polar surface area (TPSA) is 29.5 Å². The van der Waals surface area contributed by atoms with Crippen LogP contribution in [-0.4, -0.2) is 22.3 Å². The van der Waals surface area contributed by atoms with E-state index in [1.54, 1.807) is 0 Å². The van der Waals surface area contributed by atoms with Gasteiger partial charge in [0.05, 0.1) is 6.61 Å². The number of alkyl halides is 2. The molecule has 0 aromatic rings. The Kier molecular flexibility index (Phi) is 1.68.